The minimum Gasteiger partial charge on any atom is -0.487 e. The van der Waals surface area contributed by atoms with Gasteiger partial charge < -0.3 is 19.4 Å². The Labute approximate surface area is 211 Å². The van der Waals surface area contributed by atoms with Crippen LogP contribution < -0.4 is 10.1 Å². The summed E-state index contributed by atoms with van der Waals surface area (Å²) in [7, 11) is 0. The van der Waals surface area contributed by atoms with Gasteiger partial charge in [0.25, 0.3) is 0 Å². The molecule has 184 valence electrons. The normalized spacial score (nSPS) is 14.3. The van der Waals surface area contributed by atoms with Gasteiger partial charge in [0, 0.05) is 61.2 Å². The predicted molar refractivity (Wildman–Crippen MR) is 142 cm³/mol. The molecule has 0 unspecified atom stereocenters. The maximum Gasteiger partial charge on any atom is 0.248 e. The van der Waals surface area contributed by atoms with E-state index in [4.69, 9.17) is 9.47 Å². The van der Waals surface area contributed by atoms with Crippen molar-refractivity contribution in [3.05, 3.63) is 96.5 Å². The van der Waals surface area contributed by atoms with Crippen LogP contribution in [0.15, 0.2) is 85.2 Å². The third-order valence-electron chi connectivity index (χ3n) is 6.22. The Balaban J connectivity index is 1.13. The molecule has 3 heterocycles. The van der Waals surface area contributed by atoms with Gasteiger partial charge in [-0.2, -0.15) is 0 Å². The molecule has 1 fully saturated rings. The van der Waals surface area contributed by atoms with Crippen molar-refractivity contribution in [2.75, 3.05) is 38.2 Å². The van der Waals surface area contributed by atoms with Crippen LogP contribution in [0.3, 0.4) is 0 Å². The summed E-state index contributed by atoms with van der Waals surface area (Å²) in [5.41, 5.74) is 3.74. The molecule has 0 radical (unpaired) electrons. The zero-order valence-electron chi connectivity index (χ0n) is 20.2. The fraction of sp³-hybridized carbons (Fsp3) is 0.241. The lowest BCUT2D eigenvalue weighted by atomic mass is 10.2. The van der Waals surface area contributed by atoms with Crippen molar-refractivity contribution >= 4 is 28.6 Å². The number of benzene rings is 2. The van der Waals surface area contributed by atoms with Crippen LogP contribution in [0.5, 0.6) is 5.75 Å². The number of hydrogen-bond acceptors (Lipinski definition) is 5. The van der Waals surface area contributed by atoms with Gasteiger partial charge in [-0.1, -0.05) is 18.2 Å². The Bertz CT molecular complexity index is 1310. The lowest BCUT2D eigenvalue weighted by Gasteiger charge is -2.26. The molecule has 1 saturated heterocycles. The molecule has 4 aromatic rings. The lowest BCUT2D eigenvalue weighted by Crippen LogP contribution is -2.38. The van der Waals surface area contributed by atoms with Crippen LogP contribution in [0.1, 0.15) is 11.3 Å². The van der Waals surface area contributed by atoms with Gasteiger partial charge in [0.05, 0.1) is 18.9 Å². The molecule has 1 N–H and O–H groups in total. The molecular formula is C29H30N4O3. The Morgan fingerprint density at radius 2 is 1.89 bits per heavy atom. The van der Waals surface area contributed by atoms with E-state index in [0.717, 1.165) is 67.5 Å². The molecule has 5 rings (SSSR count). The summed E-state index contributed by atoms with van der Waals surface area (Å²) in [6.45, 7) is 5.98. The predicted octanol–water partition coefficient (Wildman–Crippen LogP) is 4.60. The van der Waals surface area contributed by atoms with E-state index in [1.165, 1.54) is 5.52 Å². The van der Waals surface area contributed by atoms with Gasteiger partial charge in [-0.05, 0) is 60.2 Å². The topological polar surface area (TPSA) is 68.6 Å². The second-order valence-corrected chi connectivity index (χ2v) is 8.74. The number of nitrogens with zero attached hydrogens (tertiary/aromatic N) is 3. The molecule has 2 aromatic heterocycles. The first-order valence-corrected chi connectivity index (χ1v) is 12.2. The summed E-state index contributed by atoms with van der Waals surface area (Å²) in [5, 5.41) is 4.07. The monoisotopic (exact) mass is 482 g/mol. The molecule has 7 nitrogen and oxygen atoms in total. The number of morpholine rings is 1. The third kappa shape index (κ3) is 6.38. The fourth-order valence-electron chi connectivity index (χ4n) is 4.22. The first kappa shape index (κ1) is 23.8. The lowest BCUT2D eigenvalue weighted by molar-refractivity contribution is -0.111. The molecule has 7 heteroatoms. The van der Waals surface area contributed by atoms with Crippen molar-refractivity contribution in [1.82, 2.24) is 14.5 Å². The standard InChI is InChI=1S/C29H30N4O3/c34-29(11-6-23-4-8-27(9-5-23)36-22-26-3-1-2-13-30-26)31-25-7-10-28-24(21-25)12-14-33(28)16-15-32-17-19-35-20-18-32/h1-14,21H,15-20,22H2,(H,31,34)/b11-6+. The van der Waals surface area contributed by atoms with Gasteiger partial charge in [0.2, 0.25) is 5.91 Å². The highest BCUT2D eigenvalue weighted by molar-refractivity contribution is 6.03. The number of rotatable bonds is 9. The van der Waals surface area contributed by atoms with E-state index < -0.39 is 0 Å². The summed E-state index contributed by atoms with van der Waals surface area (Å²) in [6.07, 6.45) is 7.19. The third-order valence-corrected chi connectivity index (χ3v) is 6.22. The minimum atomic E-state index is -0.170. The van der Waals surface area contributed by atoms with Crippen LogP contribution in [-0.2, 0) is 22.7 Å². The second-order valence-electron chi connectivity index (χ2n) is 8.74. The van der Waals surface area contributed by atoms with Crippen LogP contribution in [0, 0.1) is 0 Å². The van der Waals surface area contributed by atoms with Crippen LogP contribution in [0.25, 0.3) is 17.0 Å². The van der Waals surface area contributed by atoms with Crippen LogP contribution in [0.2, 0.25) is 0 Å². The molecule has 36 heavy (non-hydrogen) atoms. The smallest absolute Gasteiger partial charge is 0.248 e. The molecule has 1 aliphatic heterocycles. The molecule has 0 aliphatic carbocycles. The summed E-state index contributed by atoms with van der Waals surface area (Å²) in [6, 6.07) is 21.5. The number of carbonyl (C=O) groups is 1. The Morgan fingerprint density at radius 1 is 1.03 bits per heavy atom. The van der Waals surface area contributed by atoms with Gasteiger partial charge >= 0.3 is 0 Å². The van der Waals surface area contributed by atoms with E-state index in [1.807, 2.05) is 54.6 Å². The van der Waals surface area contributed by atoms with Gasteiger partial charge in [-0.15, -0.1) is 0 Å². The van der Waals surface area contributed by atoms with Crippen molar-refractivity contribution in [3.8, 4) is 5.75 Å². The molecule has 1 amide bonds. The van der Waals surface area contributed by atoms with Gasteiger partial charge in [0.1, 0.15) is 12.4 Å². The highest BCUT2D eigenvalue weighted by Gasteiger charge is 2.11. The van der Waals surface area contributed by atoms with Crippen molar-refractivity contribution in [2.24, 2.45) is 0 Å². The summed E-state index contributed by atoms with van der Waals surface area (Å²) in [4.78, 5) is 19.2. The summed E-state index contributed by atoms with van der Waals surface area (Å²) < 4.78 is 13.5. The van der Waals surface area contributed by atoms with Crippen LogP contribution >= 0.6 is 0 Å². The maximum atomic E-state index is 12.5. The molecule has 0 saturated carbocycles. The number of amides is 1. The average molecular weight is 483 g/mol. The summed E-state index contributed by atoms with van der Waals surface area (Å²) in [5.74, 6) is 0.587. The first-order chi connectivity index (χ1) is 17.7. The molecule has 0 bridgehead atoms. The van der Waals surface area contributed by atoms with Crippen LogP contribution in [-0.4, -0.2) is 53.2 Å². The highest BCUT2D eigenvalue weighted by Crippen LogP contribution is 2.21. The van der Waals surface area contributed by atoms with Gasteiger partial charge in [0.15, 0.2) is 0 Å². The van der Waals surface area contributed by atoms with Crippen LogP contribution in [0.4, 0.5) is 5.69 Å². The molecule has 2 aromatic carbocycles. The first-order valence-electron chi connectivity index (χ1n) is 12.2. The second kappa shape index (κ2) is 11.7. The van der Waals surface area contributed by atoms with E-state index in [2.05, 4.69) is 38.1 Å². The average Bonchev–Trinajstić information content (AvgIpc) is 3.33. The quantitative estimate of drug-likeness (QED) is 0.353. The number of nitrogens with one attached hydrogen (secondary N) is 1. The number of hydrogen-bond donors (Lipinski definition) is 1. The van der Waals surface area contributed by atoms with E-state index in [9.17, 15) is 4.79 Å². The number of carbonyl (C=O) groups excluding carboxylic acids is 1. The zero-order valence-corrected chi connectivity index (χ0v) is 20.2. The molecular weight excluding hydrogens is 452 g/mol. The fourth-order valence-corrected chi connectivity index (χ4v) is 4.22. The Hall–Kier alpha value is -3.94. The SMILES string of the molecule is O=C(/C=C/c1ccc(OCc2ccccn2)cc1)Nc1ccc2c(ccn2CCN2CCOCC2)c1. The van der Waals surface area contributed by atoms with Crippen molar-refractivity contribution in [1.29, 1.82) is 0 Å². The number of fused-ring (bicyclic) bond motifs is 1. The zero-order chi connectivity index (χ0) is 24.6. The number of aromatic nitrogens is 2. The molecule has 0 atom stereocenters. The van der Waals surface area contributed by atoms with E-state index in [0.29, 0.717) is 6.61 Å². The highest BCUT2D eigenvalue weighted by atomic mass is 16.5. The summed E-state index contributed by atoms with van der Waals surface area (Å²) >= 11 is 0. The number of pyridine rings is 1. The van der Waals surface area contributed by atoms with Crippen molar-refractivity contribution < 1.29 is 14.3 Å². The van der Waals surface area contributed by atoms with Gasteiger partial charge in [-0.3, -0.25) is 14.7 Å². The molecule has 0 spiro atoms. The maximum absolute atomic E-state index is 12.5. The van der Waals surface area contributed by atoms with Crippen molar-refractivity contribution in [3.63, 3.8) is 0 Å². The van der Waals surface area contributed by atoms with E-state index >= 15 is 0 Å². The molecule has 1 aliphatic rings. The minimum absolute atomic E-state index is 0.170. The Kier molecular flexibility index (Phi) is 7.70. The largest absolute Gasteiger partial charge is 0.487 e. The van der Waals surface area contributed by atoms with Crippen molar-refractivity contribution in [2.45, 2.75) is 13.2 Å². The van der Waals surface area contributed by atoms with E-state index in [1.54, 1.807) is 18.3 Å². The van der Waals surface area contributed by atoms with Gasteiger partial charge in [-0.25, -0.2) is 0 Å². The number of ether oxygens (including phenoxy) is 2. The number of anilines is 1. The Morgan fingerprint density at radius 3 is 2.69 bits per heavy atom. The van der Waals surface area contributed by atoms with E-state index in [-0.39, 0.29) is 5.91 Å².